The van der Waals surface area contributed by atoms with Crippen molar-refractivity contribution < 1.29 is 18.7 Å². The molecule has 5 nitrogen and oxygen atoms in total. The second-order valence-corrected chi connectivity index (χ2v) is 6.38. The molecule has 0 saturated heterocycles. The van der Waals surface area contributed by atoms with Crippen molar-refractivity contribution >= 4 is 34.4 Å². The molecule has 0 unspecified atom stereocenters. The molecule has 3 rings (SSSR count). The van der Waals surface area contributed by atoms with Crippen LogP contribution in [0.4, 0.5) is 0 Å². The molecule has 134 valence electrons. The summed E-state index contributed by atoms with van der Waals surface area (Å²) in [4.78, 5) is 24.5. The minimum atomic E-state index is -0.942. The molecule has 1 atom stereocenters. The van der Waals surface area contributed by atoms with E-state index in [1.54, 1.807) is 25.1 Å². The number of benzene rings is 2. The average molecular weight is 372 g/mol. The summed E-state index contributed by atoms with van der Waals surface area (Å²) in [7, 11) is 0. The predicted octanol–water partition coefficient (Wildman–Crippen LogP) is 4.26. The normalized spacial score (nSPS) is 12.0. The van der Waals surface area contributed by atoms with Crippen LogP contribution in [0.1, 0.15) is 28.6 Å². The van der Waals surface area contributed by atoms with Gasteiger partial charge < -0.3 is 14.5 Å². The first-order valence-electron chi connectivity index (χ1n) is 8.17. The third-order valence-electron chi connectivity index (χ3n) is 4.05. The van der Waals surface area contributed by atoms with E-state index in [-0.39, 0.29) is 11.7 Å². The van der Waals surface area contributed by atoms with Gasteiger partial charge in [-0.05, 0) is 37.6 Å². The van der Waals surface area contributed by atoms with Crippen molar-refractivity contribution in [3.8, 4) is 0 Å². The van der Waals surface area contributed by atoms with E-state index < -0.39 is 12.1 Å². The highest BCUT2D eigenvalue weighted by Crippen LogP contribution is 2.28. The summed E-state index contributed by atoms with van der Waals surface area (Å²) in [6, 6.07) is 14.6. The Morgan fingerprint density at radius 1 is 1.19 bits per heavy atom. The van der Waals surface area contributed by atoms with Crippen molar-refractivity contribution in [3.05, 3.63) is 70.4 Å². The van der Waals surface area contributed by atoms with Gasteiger partial charge in [0.1, 0.15) is 5.58 Å². The molecule has 0 fully saturated rings. The lowest BCUT2D eigenvalue weighted by Crippen LogP contribution is -2.35. The molecule has 6 heteroatoms. The van der Waals surface area contributed by atoms with Gasteiger partial charge in [-0.25, -0.2) is 4.79 Å². The largest absolute Gasteiger partial charge is 0.449 e. The van der Waals surface area contributed by atoms with Crippen LogP contribution >= 0.6 is 11.6 Å². The summed E-state index contributed by atoms with van der Waals surface area (Å²) >= 11 is 5.98. The molecule has 3 aromatic rings. The van der Waals surface area contributed by atoms with Gasteiger partial charge in [-0.1, -0.05) is 41.9 Å². The quantitative estimate of drug-likeness (QED) is 0.680. The molecule has 1 amide bonds. The Morgan fingerprint density at radius 2 is 1.92 bits per heavy atom. The van der Waals surface area contributed by atoms with E-state index >= 15 is 0 Å². The van der Waals surface area contributed by atoms with Gasteiger partial charge in [-0.3, -0.25) is 4.79 Å². The molecule has 0 spiro atoms. The van der Waals surface area contributed by atoms with Gasteiger partial charge in [0.25, 0.3) is 5.91 Å². The Balaban J connectivity index is 1.65. The molecule has 1 N–H and O–H groups in total. The molecule has 0 aliphatic carbocycles. The summed E-state index contributed by atoms with van der Waals surface area (Å²) in [5, 5.41) is 4.03. The van der Waals surface area contributed by atoms with E-state index in [2.05, 4.69) is 5.32 Å². The van der Waals surface area contributed by atoms with Gasteiger partial charge in [0.05, 0.1) is 0 Å². The first-order valence-corrected chi connectivity index (χ1v) is 8.55. The number of halogens is 1. The number of amides is 1. The number of furan rings is 1. The molecule has 0 aliphatic rings. The number of hydrogen-bond acceptors (Lipinski definition) is 4. The van der Waals surface area contributed by atoms with Crippen LogP contribution in [0.3, 0.4) is 0 Å². The van der Waals surface area contributed by atoms with Gasteiger partial charge in [-0.2, -0.15) is 0 Å². The predicted molar refractivity (Wildman–Crippen MR) is 99.1 cm³/mol. The topological polar surface area (TPSA) is 68.5 Å². The number of aryl methyl sites for hydroxylation is 1. The fourth-order valence-corrected chi connectivity index (χ4v) is 2.76. The van der Waals surface area contributed by atoms with Crippen molar-refractivity contribution in [2.24, 2.45) is 0 Å². The first kappa shape index (κ1) is 18.0. The van der Waals surface area contributed by atoms with Gasteiger partial charge in [-0.15, -0.1) is 0 Å². The van der Waals surface area contributed by atoms with Crippen LogP contribution in [0.2, 0.25) is 5.02 Å². The van der Waals surface area contributed by atoms with Crippen LogP contribution < -0.4 is 5.32 Å². The summed E-state index contributed by atoms with van der Waals surface area (Å²) in [6.07, 6.45) is -0.942. The number of rotatable bonds is 5. The zero-order valence-corrected chi connectivity index (χ0v) is 15.2. The molecule has 0 aliphatic heterocycles. The molecule has 26 heavy (non-hydrogen) atoms. The third-order valence-corrected chi connectivity index (χ3v) is 4.28. The summed E-state index contributed by atoms with van der Waals surface area (Å²) < 4.78 is 10.8. The van der Waals surface area contributed by atoms with Gasteiger partial charge >= 0.3 is 5.97 Å². The van der Waals surface area contributed by atoms with Crippen molar-refractivity contribution in [3.63, 3.8) is 0 Å². The number of carbonyl (C=O) groups is 2. The van der Waals surface area contributed by atoms with Crippen LogP contribution in [-0.4, -0.2) is 18.0 Å². The van der Waals surface area contributed by atoms with Crippen molar-refractivity contribution in [1.82, 2.24) is 5.32 Å². The molecule has 1 aromatic heterocycles. The van der Waals surface area contributed by atoms with Gasteiger partial charge in [0, 0.05) is 22.5 Å². The van der Waals surface area contributed by atoms with Crippen molar-refractivity contribution in [2.45, 2.75) is 26.5 Å². The van der Waals surface area contributed by atoms with Crippen LogP contribution in [0.15, 0.2) is 52.9 Å². The second kappa shape index (κ2) is 7.62. The SMILES string of the molecule is Cc1c(C(=O)O[C@H](C)C(=O)NCc2ccccc2)oc2ccc(Cl)cc12. The highest BCUT2D eigenvalue weighted by molar-refractivity contribution is 6.31. The smallest absolute Gasteiger partial charge is 0.375 e. The Hall–Kier alpha value is -2.79. The number of nitrogens with one attached hydrogen (secondary N) is 1. The fourth-order valence-electron chi connectivity index (χ4n) is 2.58. The first-order chi connectivity index (χ1) is 12.5. The molecule has 0 saturated carbocycles. The van der Waals surface area contributed by atoms with E-state index in [1.165, 1.54) is 6.92 Å². The lowest BCUT2D eigenvalue weighted by Gasteiger charge is -2.13. The maximum atomic E-state index is 12.4. The molecule has 0 radical (unpaired) electrons. The summed E-state index contributed by atoms with van der Waals surface area (Å²) in [5.41, 5.74) is 2.13. The van der Waals surface area contributed by atoms with Gasteiger partial charge in [0.15, 0.2) is 6.10 Å². The Kier molecular flexibility index (Phi) is 5.28. The fraction of sp³-hybridized carbons (Fsp3) is 0.200. The number of fused-ring (bicyclic) bond motifs is 1. The lowest BCUT2D eigenvalue weighted by atomic mass is 10.1. The van der Waals surface area contributed by atoms with Crippen molar-refractivity contribution in [1.29, 1.82) is 0 Å². The van der Waals surface area contributed by atoms with E-state index in [0.717, 1.165) is 10.9 Å². The van der Waals surface area contributed by atoms with Crippen LogP contribution in [0, 0.1) is 6.92 Å². The summed E-state index contributed by atoms with van der Waals surface area (Å²) in [6.45, 7) is 3.63. The molecule has 2 aromatic carbocycles. The maximum absolute atomic E-state index is 12.4. The molecule has 0 bridgehead atoms. The monoisotopic (exact) mass is 371 g/mol. The maximum Gasteiger partial charge on any atom is 0.375 e. The molecular weight excluding hydrogens is 354 g/mol. The van der Waals surface area contributed by atoms with Gasteiger partial charge in [0.2, 0.25) is 5.76 Å². The number of ether oxygens (including phenoxy) is 1. The minimum absolute atomic E-state index is 0.0741. The van der Waals surface area contributed by atoms with Crippen LogP contribution in [0.5, 0.6) is 0 Å². The summed E-state index contributed by atoms with van der Waals surface area (Å²) in [5.74, 6) is -0.985. The van der Waals surface area contributed by atoms with Crippen LogP contribution in [-0.2, 0) is 16.1 Å². The highest BCUT2D eigenvalue weighted by atomic mass is 35.5. The van der Waals surface area contributed by atoms with Crippen LogP contribution in [0.25, 0.3) is 11.0 Å². The molecular formula is C20H18ClNO4. The zero-order valence-electron chi connectivity index (χ0n) is 14.4. The van der Waals surface area contributed by atoms with E-state index in [9.17, 15) is 9.59 Å². The number of hydrogen-bond donors (Lipinski definition) is 1. The average Bonchev–Trinajstić information content (AvgIpc) is 2.97. The standard InChI is InChI=1S/C20H18ClNO4/c1-12-16-10-15(21)8-9-17(16)26-18(12)20(24)25-13(2)19(23)22-11-14-6-4-3-5-7-14/h3-10,13H,11H2,1-2H3,(H,22,23)/t13-/m1/s1. The molecule has 1 heterocycles. The third kappa shape index (κ3) is 3.89. The zero-order chi connectivity index (χ0) is 18.7. The second-order valence-electron chi connectivity index (χ2n) is 5.95. The Bertz CT molecular complexity index is 949. The number of esters is 1. The Morgan fingerprint density at radius 3 is 2.65 bits per heavy atom. The highest BCUT2D eigenvalue weighted by Gasteiger charge is 2.24. The van der Waals surface area contributed by atoms with E-state index in [4.69, 9.17) is 20.8 Å². The Labute approximate surface area is 155 Å². The lowest BCUT2D eigenvalue weighted by molar-refractivity contribution is -0.129. The number of carbonyl (C=O) groups excluding carboxylic acids is 2. The van der Waals surface area contributed by atoms with E-state index in [0.29, 0.717) is 22.7 Å². The van der Waals surface area contributed by atoms with E-state index in [1.807, 2.05) is 30.3 Å². The minimum Gasteiger partial charge on any atom is -0.449 e. The van der Waals surface area contributed by atoms with Crippen molar-refractivity contribution in [2.75, 3.05) is 0 Å².